The maximum atomic E-state index is 12.6. The molecular weight excluding hydrogens is 344 g/mol. The summed E-state index contributed by atoms with van der Waals surface area (Å²) in [5.41, 5.74) is 7.05. The molecule has 0 radical (unpaired) electrons. The Labute approximate surface area is 154 Å². The van der Waals surface area contributed by atoms with Gasteiger partial charge in [-0.25, -0.2) is 0 Å². The first-order chi connectivity index (χ1) is 11.1. The molecule has 2 unspecified atom stereocenters. The Hall–Kier alpha value is -1.70. The molecule has 0 aromatic heterocycles. The van der Waals surface area contributed by atoms with Gasteiger partial charge >= 0.3 is 0 Å². The van der Waals surface area contributed by atoms with Crippen LogP contribution in [0.25, 0.3) is 0 Å². The largest absolute Gasteiger partial charge is 0.327 e. The number of nitrogens with zero attached hydrogens (tertiary/aromatic N) is 2. The molecule has 25 heavy (non-hydrogen) atoms. The van der Waals surface area contributed by atoms with Crippen LogP contribution in [0.1, 0.15) is 32.8 Å². The van der Waals surface area contributed by atoms with Crippen molar-refractivity contribution in [2.75, 3.05) is 18.4 Å². The zero-order valence-corrected chi connectivity index (χ0v) is 15.9. The summed E-state index contributed by atoms with van der Waals surface area (Å²) in [6, 6.07) is 4.50. The van der Waals surface area contributed by atoms with Gasteiger partial charge in [-0.2, -0.15) is 0 Å². The molecule has 1 heterocycles. The third-order valence-electron chi connectivity index (χ3n) is 5.03. The summed E-state index contributed by atoms with van der Waals surface area (Å²) < 4.78 is 0. The first-order valence-corrected chi connectivity index (χ1v) is 8.18. The van der Waals surface area contributed by atoms with E-state index < -0.39 is 4.92 Å². The maximum absolute atomic E-state index is 12.6. The minimum Gasteiger partial charge on any atom is -0.327 e. The van der Waals surface area contributed by atoms with Crippen molar-refractivity contribution in [2.24, 2.45) is 11.1 Å². The molecule has 3 N–H and O–H groups in total. The fraction of sp³-hybridized carbons (Fsp3) is 0.588. The van der Waals surface area contributed by atoms with E-state index >= 15 is 0 Å². The fourth-order valence-corrected chi connectivity index (χ4v) is 3.11. The lowest BCUT2D eigenvalue weighted by Crippen LogP contribution is -2.56. The number of likely N-dealkylation sites (tertiary alicyclic amines) is 1. The molecule has 0 bridgehead atoms. The van der Waals surface area contributed by atoms with Crippen molar-refractivity contribution in [1.29, 1.82) is 0 Å². The number of benzene rings is 1. The van der Waals surface area contributed by atoms with Gasteiger partial charge in [0, 0.05) is 25.2 Å². The summed E-state index contributed by atoms with van der Waals surface area (Å²) in [6.07, 6.45) is 0.848. The number of carbonyl (C=O) groups is 1. The molecule has 1 saturated heterocycles. The van der Waals surface area contributed by atoms with Crippen LogP contribution in [0.3, 0.4) is 0 Å². The number of nitro groups is 1. The first kappa shape index (κ1) is 21.3. The van der Waals surface area contributed by atoms with Gasteiger partial charge in [0.1, 0.15) is 0 Å². The van der Waals surface area contributed by atoms with Crippen molar-refractivity contribution in [3.8, 4) is 0 Å². The van der Waals surface area contributed by atoms with E-state index in [0.717, 1.165) is 19.5 Å². The SMILES string of the molecule is Cc1c(NC(=O)C(C)N2CCC(N)C(C)(C)C2)cccc1[N+](=O)[O-].Cl. The highest BCUT2D eigenvalue weighted by atomic mass is 35.5. The summed E-state index contributed by atoms with van der Waals surface area (Å²) in [6.45, 7) is 9.23. The molecule has 1 aliphatic rings. The number of nitro benzene ring substituents is 1. The standard InChI is InChI=1S/C17H26N4O3.ClH/c1-11-13(6-5-7-14(11)21(23)24)19-16(22)12(2)20-9-8-15(18)17(3,4)10-20;/h5-7,12,15H,8-10,18H2,1-4H3,(H,19,22);1H. The molecule has 1 fully saturated rings. The number of nitrogens with one attached hydrogen (secondary N) is 1. The summed E-state index contributed by atoms with van der Waals surface area (Å²) in [5.74, 6) is -0.162. The average molecular weight is 371 g/mol. The van der Waals surface area contributed by atoms with Crippen LogP contribution in [0, 0.1) is 22.5 Å². The summed E-state index contributed by atoms with van der Waals surface area (Å²) >= 11 is 0. The van der Waals surface area contributed by atoms with Gasteiger partial charge in [0.2, 0.25) is 5.91 Å². The van der Waals surface area contributed by atoms with E-state index in [2.05, 4.69) is 24.1 Å². The van der Waals surface area contributed by atoms with Crippen LogP contribution in [0.2, 0.25) is 0 Å². The van der Waals surface area contributed by atoms with Crippen molar-refractivity contribution >= 4 is 29.7 Å². The number of halogens is 1. The Morgan fingerprint density at radius 1 is 1.48 bits per heavy atom. The van der Waals surface area contributed by atoms with Gasteiger partial charge < -0.3 is 11.1 Å². The molecule has 1 aromatic carbocycles. The van der Waals surface area contributed by atoms with Crippen molar-refractivity contribution in [2.45, 2.75) is 46.2 Å². The lowest BCUT2D eigenvalue weighted by atomic mass is 9.79. The Kier molecular flexibility index (Phi) is 6.93. The predicted molar refractivity (Wildman–Crippen MR) is 101 cm³/mol. The number of hydrogen-bond acceptors (Lipinski definition) is 5. The number of hydrogen-bond donors (Lipinski definition) is 2. The van der Waals surface area contributed by atoms with E-state index in [0.29, 0.717) is 11.3 Å². The number of anilines is 1. The molecule has 2 rings (SSSR count). The van der Waals surface area contributed by atoms with Gasteiger partial charge in [-0.3, -0.25) is 19.8 Å². The molecule has 1 amide bonds. The molecule has 8 heteroatoms. The van der Waals surface area contributed by atoms with Crippen molar-refractivity contribution < 1.29 is 9.72 Å². The molecular formula is C17H27ClN4O3. The highest BCUT2D eigenvalue weighted by Gasteiger charge is 2.36. The van der Waals surface area contributed by atoms with Crippen LogP contribution < -0.4 is 11.1 Å². The van der Waals surface area contributed by atoms with Crippen LogP contribution >= 0.6 is 12.4 Å². The Bertz CT molecular complexity index is 651. The van der Waals surface area contributed by atoms with Gasteiger partial charge in [-0.05, 0) is 31.7 Å². The second-order valence-electron chi connectivity index (χ2n) is 7.23. The van der Waals surface area contributed by atoms with E-state index in [9.17, 15) is 14.9 Å². The monoisotopic (exact) mass is 370 g/mol. The fourth-order valence-electron chi connectivity index (χ4n) is 3.11. The molecule has 140 valence electrons. The molecule has 1 aliphatic heterocycles. The zero-order chi connectivity index (χ0) is 18.1. The quantitative estimate of drug-likeness (QED) is 0.626. The van der Waals surface area contributed by atoms with Gasteiger partial charge in [0.15, 0.2) is 0 Å². The normalized spacial score (nSPS) is 21.1. The minimum absolute atomic E-state index is 0. The van der Waals surface area contributed by atoms with Gasteiger partial charge in [-0.1, -0.05) is 19.9 Å². The number of piperidine rings is 1. The number of amides is 1. The van der Waals surface area contributed by atoms with Gasteiger partial charge in [-0.15, -0.1) is 12.4 Å². The topological polar surface area (TPSA) is 102 Å². The van der Waals surface area contributed by atoms with Gasteiger partial charge in [0.05, 0.1) is 22.2 Å². The molecule has 0 spiro atoms. The Morgan fingerprint density at radius 3 is 2.68 bits per heavy atom. The van der Waals surface area contributed by atoms with Crippen LogP contribution in [0.5, 0.6) is 0 Å². The third kappa shape index (κ3) is 4.68. The third-order valence-corrected chi connectivity index (χ3v) is 5.03. The van der Waals surface area contributed by atoms with E-state index in [4.69, 9.17) is 5.73 Å². The summed E-state index contributed by atoms with van der Waals surface area (Å²) in [5, 5.41) is 13.8. The number of carbonyl (C=O) groups excluding carboxylic acids is 1. The van der Waals surface area contributed by atoms with Crippen molar-refractivity contribution in [1.82, 2.24) is 4.90 Å². The highest BCUT2D eigenvalue weighted by molar-refractivity contribution is 5.95. The van der Waals surface area contributed by atoms with E-state index in [-0.39, 0.29) is 41.5 Å². The van der Waals surface area contributed by atoms with Gasteiger partial charge in [0.25, 0.3) is 5.69 Å². The molecule has 0 saturated carbocycles. The van der Waals surface area contributed by atoms with E-state index in [1.165, 1.54) is 6.07 Å². The molecule has 0 aliphatic carbocycles. The predicted octanol–water partition coefficient (Wildman–Crippen LogP) is 2.71. The minimum atomic E-state index is -0.442. The van der Waals surface area contributed by atoms with E-state index in [1.54, 1.807) is 19.1 Å². The summed E-state index contributed by atoms with van der Waals surface area (Å²) in [7, 11) is 0. The summed E-state index contributed by atoms with van der Waals surface area (Å²) in [4.78, 5) is 25.3. The molecule has 7 nitrogen and oxygen atoms in total. The smallest absolute Gasteiger partial charge is 0.274 e. The highest BCUT2D eigenvalue weighted by Crippen LogP contribution is 2.29. The van der Waals surface area contributed by atoms with Crippen LogP contribution in [-0.4, -0.2) is 40.9 Å². The Balaban J connectivity index is 0.00000312. The second-order valence-corrected chi connectivity index (χ2v) is 7.23. The maximum Gasteiger partial charge on any atom is 0.274 e. The second kappa shape index (κ2) is 8.12. The Morgan fingerprint density at radius 2 is 2.12 bits per heavy atom. The lowest BCUT2D eigenvalue weighted by Gasteiger charge is -2.44. The van der Waals surface area contributed by atoms with Crippen molar-refractivity contribution in [3.63, 3.8) is 0 Å². The number of rotatable bonds is 4. The first-order valence-electron chi connectivity index (χ1n) is 8.18. The van der Waals surface area contributed by atoms with Crippen molar-refractivity contribution in [3.05, 3.63) is 33.9 Å². The van der Waals surface area contributed by atoms with Crippen LogP contribution in [0.4, 0.5) is 11.4 Å². The number of nitrogens with two attached hydrogens (primary N) is 1. The molecule has 1 aromatic rings. The molecule has 2 atom stereocenters. The van der Waals surface area contributed by atoms with E-state index in [1.807, 2.05) is 6.92 Å². The van der Waals surface area contributed by atoms with Crippen LogP contribution in [-0.2, 0) is 4.79 Å². The van der Waals surface area contributed by atoms with Crippen LogP contribution in [0.15, 0.2) is 18.2 Å². The zero-order valence-electron chi connectivity index (χ0n) is 15.1. The average Bonchev–Trinajstić information content (AvgIpc) is 2.50. The lowest BCUT2D eigenvalue weighted by molar-refractivity contribution is -0.385.